The van der Waals surface area contributed by atoms with Crippen molar-refractivity contribution in [2.45, 2.75) is 44.9 Å². The molecule has 0 aliphatic carbocycles. The molecule has 2 fully saturated rings. The summed E-state index contributed by atoms with van der Waals surface area (Å²) in [6.07, 6.45) is 10.0. The van der Waals surface area contributed by atoms with Gasteiger partial charge in [0.15, 0.2) is 0 Å². The van der Waals surface area contributed by atoms with Crippen LogP contribution in [0.15, 0.2) is 24.5 Å². The summed E-state index contributed by atoms with van der Waals surface area (Å²) in [7, 11) is 0. The zero-order chi connectivity index (χ0) is 17.1. The monoisotopic (exact) mass is 338 g/mol. The van der Waals surface area contributed by atoms with Crippen molar-refractivity contribution in [3.05, 3.63) is 30.1 Å². The number of nitrogens with zero attached hydrogens (tertiary/aromatic N) is 4. The van der Waals surface area contributed by atoms with Crippen molar-refractivity contribution in [2.75, 3.05) is 31.1 Å². The van der Waals surface area contributed by atoms with Gasteiger partial charge in [-0.3, -0.25) is 4.79 Å². The van der Waals surface area contributed by atoms with E-state index in [9.17, 15) is 4.79 Å². The van der Waals surface area contributed by atoms with Crippen LogP contribution >= 0.6 is 0 Å². The van der Waals surface area contributed by atoms with Crippen molar-refractivity contribution in [2.24, 2.45) is 0 Å². The number of piperidine rings is 1. The molecule has 0 radical (unpaired) electrons. The maximum absolute atomic E-state index is 13.0. The number of aromatic nitrogens is 2. The van der Waals surface area contributed by atoms with E-state index in [1.807, 2.05) is 23.1 Å². The lowest BCUT2D eigenvalue weighted by Gasteiger charge is -2.28. The number of anilines is 1. The van der Waals surface area contributed by atoms with Gasteiger partial charge in [-0.2, -0.15) is 0 Å². The van der Waals surface area contributed by atoms with Crippen LogP contribution in [0.3, 0.4) is 0 Å². The van der Waals surface area contributed by atoms with Crippen molar-refractivity contribution in [3.63, 3.8) is 0 Å². The maximum Gasteiger partial charge on any atom is 0.253 e. The fourth-order valence-electron chi connectivity index (χ4n) is 3.99. The summed E-state index contributed by atoms with van der Waals surface area (Å²) in [6.45, 7) is 3.83. The Morgan fingerprint density at radius 3 is 2.28 bits per heavy atom. The van der Waals surface area contributed by atoms with Crippen LogP contribution in [-0.4, -0.2) is 47.0 Å². The van der Waals surface area contributed by atoms with E-state index in [0.29, 0.717) is 0 Å². The van der Waals surface area contributed by atoms with Gasteiger partial charge in [-0.1, -0.05) is 12.8 Å². The van der Waals surface area contributed by atoms with Crippen LogP contribution in [0.1, 0.15) is 55.3 Å². The summed E-state index contributed by atoms with van der Waals surface area (Å²) in [5.41, 5.74) is 1.69. The standard InChI is InChI=1S/C20H26N4O/c25-20(24-12-4-1-2-5-13-24)16-8-9-18-17(14-16)19(22-15-21-18)23-10-6-3-7-11-23/h8-9,14-15H,1-7,10-13H2. The van der Waals surface area contributed by atoms with Gasteiger partial charge in [-0.05, 0) is 50.3 Å². The number of benzene rings is 1. The van der Waals surface area contributed by atoms with Crippen LogP contribution < -0.4 is 4.90 Å². The molecular formula is C20H26N4O. The van der Waals surface area contributed by atoms with Crippen molar-refractivity contribution >= 4 is 22.6 Å². The van der Waals surface area contributed by atoms with Crippen LogP contribution in [0.25, 0.3) is 10.9 Å². The number of carbonyl (C=O) groups excluding carboxylic acids is 1. The molecule has 2 aliphatic rings. The summed E-state index contributed by atoms with van der Waals surface area (Å²) in [4.78, 5) is 26.3. The molecule has 0 bridgehead atoms. The van der Waals surface area contributed by atoms with Gasteiger partial charge in [0.2, 0.25) is 0 Å². The Morgan fingerprint density at radius 1 is 0.840 bits per heavy atom. The number of hydrogen-bond donors (Lipinski definition) is 0. The molecule has 0 unspecified atom stereocenters. The summed E-state index contributed by atoms with van der Waals surface area (Å²) in [5, 5.41) is 1.00. The van der Waals surface area contributed by atoms with E-state index in [-0.39, 0.29) is 5.91 Å². The van der Waals surface area contributed by atoms with Crippen molar-refractivity contribution < 1.29 is 4.79 Å². The van der Waals surface area contributed by atoms with Gasteiger partial charge in [0.1, 0.15) is 12.1 Å². The van der Waals surface area contributed by atoms with Crippen molar-refractivity contribution in [1.29, 1.82) is 0 Å². The molecule has 0 saturated carbocycles. The Balaban J connectivity index is 1.67. The van der Waals surface area contributed by atoms with E-state index in [4.69, 9.17) is 0 Å². The fraction of sp³-hybridized carbons (Fsp3) is 0.550. The van der Waals surface area contributed by atoms with Gasteiger partial charge in [0.25, 0.3) is 5.91 Å². The Hall–Kier alpha value is -2.17. The third kappa shape index (κ3) is 3.46. The first-order chi connectivity index (χ1) is 12.3. The highest BCUT2D eigenvalue weighted by atomic mass is 16.2. The molecule has 2 aromatic rings. The molecule has 25 heavy (non-hydrogen) atoms. The predicted molar refractivity (Wildman–Crippen MR) is 100.0 cm³/mol. The molecule has 0 spiro atoms. The molecular weight excluding hydrogens is 312 g/mol. The number of fused-ring (bicyclic) bond motifs is 1. The average Bonchev–Trinajstić information content (AvgIpc) is 2.97. The van der Waals surface area contributed by atoms with E-state index in [1.165, 1.54) is 32.1 Å². The number of carbonyl (C=O) groups is 1. The lowest BCUT2D eigenvalue weighted by molar-refractivity contribution is 0.0762. The van der Waals surface area contributed by atoms with E-state index >= 15 is 0 Å². The van der Waals surface area contributed by atoms with Crippen LogP contribution in [0, 0.1) is 0 Å². The molecule has 1 aromatic heterocycles. The zero-order valence-corrected chi connectivity index (χ0v) is 14.8. The second-order valence-corrected chi connectivity index (χ2v) is 7.18. The highest BCUT2D eigenvalue weighted by Gasteiger charge is 2.20. The highest BCUT2D eigenvalue weighted by molar-refractivity contribution is 6.00. The topological polar surface area (TPSA) is 49.3 Å². The van der Waals surface area contributed by atoms with Gasteiger partial charge in [0.05, 0.1) is 5.52 Å². The fourth-order valence-corrected chi connectivity index (χ4v) is 3.99. The minimum Gasteiger partial charge on any atom is -0.356 e. The van der Waals surface area contributed by atoms with Crippen molar-refractivity contribution in [1.82, 2.24) is 14.9 Å². The smallest absolute Gasteiger partial charge is 0.253 e. The lowest BCUT2D eigenvalue weighted by atomic mass is 10.1. The minimum atomic E-state index is 0.150. The Kier molecular flexibility index (Phi) is 4.81. The summed E-state index contributed by atoms with van der Waals surface area (Å²) >= 11 is 0. The number of hydrogen-bond acceptors (Lipinski definition) is 4. The Morgan fingerprint density at radius 2 is 1.52 bits per heavy atom. The van der Waals surface area contributed by atoms with Crippen LogP contribution in [0.2, 0.25) is 0 Å². The number of likely N-dealkylation sites (tertiary alicyclic amines) is 1. The van der Waals surface area contributed by atoms with Crippen LogP contribution in [0.4, 0.5) is 5.82 Å². The molecule has 4 rings (SSSR count). The number of amides is 1. The molecule has 3 heterocycles. The first-order valence-corrected chi connectivity index (χ1v) is 9.62. The number of rotatable bonds is 2. The van der Waals surface area contributed by atoms with E-state index in [1.54, 1.807) is 6.33 Å². The largest absolute Gasteiger partial charge is 0.356 e. The maximum atomic E-state index is 13.0. The molecule has 1 amide bonds. The van der Waals surface area contributed by atoms with Gasteiger partial charge in [-0.25, -0.2) is 9.97 Å². The van der Waals surface area contributed by atoms with Crippen LogP contribution in [-0.2, 0) is 0 Å². The molecule has 5 heteroatoms. The minimum absolute atomic E-state index is 0.150. The Labute approximate surface area is 149 Å². The lowest BCUT2D eigenvalue weighted by Crippen LogP contribution is -2.32. The normalized spacial score (nSPS) is 19.0. The first kappa shape index (κ1) is 16.3. The third-order valence-corrected chi connectivity index (χ3v) is 5.41. The molecule has 0 N–H and O–H groups in total. The van der Waals surface area contributed by atoms with Crippen molar-refractivity contribution in [3.8, 4) is 0 Å². The third-order valence-electron chi connectivity index (χ3n) is 5.41. The van der Waals surface area contributed by atoms with E-state index < -0.39 is 0 Å². The van der Waals surface area contributed by atoms with Crippen LogP contribution in [0.5, 0.6) is 0 Å². The second kappa shape index (κ2) is 7.38. The Bertz CT molecular complexity index is 746. The van der Waals surface area contributed by atoms with Gasteiger partial charge in [-0.15, -0.1) is 0 Å². The van der Waals surface area contributed by atoms with E-state index in [0.717, 1.165) is 61.3 Å². The van der Waals surface area contributed by atoms with Gasteiger partial charge in [0, 0.05) is 37.1 Å². The summed E-state index contributed by atoms with van der Waals surface area (Å²) < 4.78 is 0. The molecule has 132 valence electrons. The quantitative estimate of drug-likeness (QED) is 0.839. The molecule has 0 atom stereocenters. The summed E-state index contributed by atoms with van der Waals surface area (Å²) in [5.74, 6) is 1.13. The molecule has 2 aliphatic heterocycles. The molecule has 2 saturated heterocycles. The zero-order valence-electron chi connectivity index (χ0n) is 14.8. The first-order valence-electron chi connectivity index (χ1n) is 9.62. The second-order valence-electron chi connectivity index (χ2n) is 7.18. The predicted octanol–water partition coefficient (Wildman–Crippen LogP) is 3.64. The van der Waals surface area contributed by atoms with Gasteiger partial charge < -0.3 is 9.80 Å². The average molecular weight is 338 g/mol. The molecule has 1 aromatic carbocycles. The SMILES string of the molecule is O=C(c1ccc2ncnc(N3CCCCC3)c2c1)N1CCCCCC1. The molecule has 5 nitrogen and oxygen atoms in total. The van der Waals surface area contributed by atoms with E-state index in [2.05, 4.69) is 14.9 Å². The summed E-state index contributed by atoms with van der Waals surface area (Å²) in [6, 6.07) is 5.89. The highest BCUT2D eigenvalue weighted by Crippen LogP contribution is 2.27. The van der Waals surface area contributed by atoms with Gasteiger partial charge >= 0.3 is 0 Å².